The second-order valence-corrected chi connectivity index (χ2v) is 9.80. The van der Waals surface area contributed by atoms with E-state index in [1.54, 1.807) is 18.2 Å². The summed E-state index contributed by atoms with van der Waals surface area (Å²) < 4.78 is 29.1. The number of rotatable bonds is 7. The van der Waals surface area contributed by atoms with Crippen molar-refractivity contribution < 1.29 is 8.78 Å². The summed E-state index contributed by atoms with van der Waals surface area (Å²) in [6, 6.07) is 9.61. The van der Waals surface area contributed by atoms with Crippen LogP contribution in [0.4, 0.5) is 25.8 Å². The van der Waals surface area contributed by atoms with Gasteiger partial charge in [-0.1, -0.05) is 34.5 Å². The first-order valence-electron chi connectivity index (χ1n) is 11.8. The number of hydrogen-bond acceptors (Lipinski definition) is 8. The Morgan fingerprint density at radius 2 is 1.82 bits per heavy atom. The topological polar surface area (TPSA) is 117 Å². The molecular weight excluding hydrogens is 547 g/mol. The van der Waals surface area contributed by atoms with Gasteiger partial charge in [0.05, 0.1) is 57.0 Å². The molecule has 1 atom stereocenters. The molecule has 1 aromatic carbocycles. The Bertz CT molecular complexity index is 1750. The molecule has 0 amide bonds. The summed E-state index contributed by atoms with van der Waals surface area (Å²) in [6.45, 7) is 0. The van der Waals surface area contributed by atoms with Crippen molar-refractivity contribution in [2.75, 3.05) is 10.6 Å². The lowest BCUT2D eigenvalue weighted by molar-refractivity contribution is 0.581. The highest BCUT2D eigenvalue weighted by atomic mass is 35.5. The van der Waals surface area contributed by atoms with E-state index in [9.17, 15) is 14.0 Å². The number of hydrogen-bond donors (Lipinski definition) is 2. The van der Waals surface area contributed by atoms with Crippen LogP contribution in [0.5, 0.6) is 0 Å². The minimum absolute atomic E-state index is 0.174. The molecule has 0 aliphatic heterocycles. The van der Waals surface area contributed by atoms with Gasteiger partial charge in [0.25, 0.3) is 0 Å². The van der Waals surface area contributed by atoms with Crippen molar-refractivity contribution in [1.82, 2.24) is 29.9 Å². The predicted molar refractivity (Wildman–Crippen MR) is 142 cm³/mol. The third kappa shape index (κ3) is 5.04. The van der Waals surface area contributed by atoms with Gasteiger partial charge in [-0.3, -0.25) is 4.98 Å². The molecule has 194 valence electrons. The Hall–Kier alpha value is -4.40. The van der Waals surface area contributed by atoms with Crippen molar-refractivity contribution in [3.8, 4) is 6.07 Å². The molecule has 6 rings (SSSR count). The van der Waals surface area contributed by atoms with E-state index < -0.39 is 17.9 Å². The molecule has 1 aliphatic rings. The molecule has 39 heavy (non-hydrogen) atoms. The van der Waals surface area contributed by atoms with Gasteiger partial charge in [0, 0.05) is 23.5 Å². The van der Waals surface area contributed by atoms with Crippen molar-refractivity contribution in [2.24, 2.45) is 0 Å². The van der Waals surface area contributed by atoms with Crippen molar-refractivity contribution >= 4 is 51.2 Å². The molecule has 1 aliphatic carbocycles. The van der Waals surface area contributed by atoms with Crippen LogP contribution in [0.3, 0.4) is 0 Å². The Labute approximate surface area is 230 Å². The lowest BCUT2D eigenvalue weighted by atomic mass is 10.0. The van der Waals surface area contributed by atoms with E-state index in [0.717, 1.165) is 12.8 Å². The van der Waals surface area contributed by atoms with Crippen LogP contribution in [-0.2, 0) is 0 Å². The summed E-state index contributed by atoms with van der Waals surface area (Å²) in [5.41, 5.74) is 3.25. The van der Waals surface area contributed by atoms with Gasteiger partial charge < -0.3 is 10.6 Å². The van der Waals surface area contributed by atoms with Gasteiger partial charge in [-0.25, -0.2) is 14.6 Å². The normalized spacial score (nSPS) is 13.7. The van der Waals surface area contributed by atoms with Crippen LogP contribution in [0.15, 0.2) is 55.1 Å². The number of fused-ring (bicyclic) bond motifs is 1. The number of anilines is 3. The van der Waals surface area contributed by atoms with E-state index in [2.05, 4.69) is 42.0 Å². The fourth-order valence-corrected chi connectivity index (χ4v) is 4.62. The van der Waals surface area contributed by atoms with Gasteiger partial charge in [0.1, 0.15) is 11.8 Å². The smallest absolute Gasteiger partial charge is 0.231 e. The summed E-state index contributed by atoms with van der Waals surface area (Å²) in [4.78, 5) is 11.8. The molecule has 13 heteroatoms. The number of halogens is 4. The van der Waals surface area contributed by atoms with Gasteiger partial charge in [0.2, 0.25) is 11.9 Å². The van der Waals surface area contributed by atoms with E-state index in [4.69, 9.17) is 23.2 Å². The molecular formula is C26H17Cl2F2N9. The quantitative estimate of drug-likeness (QED) is 0.220. The van der Waals surface area contributed by atoms with Gasteiger partial charge in [0.15, 0.2) is 0 Å². The van der Waals surface area contributed by atoms with E-state index in [1.807, 2.05) is 10.9 Å². The maximum atomic E-state index is 13.6. The Morgan fingerprint density at radius 1 is 1.00 bits per heavy atom. The molecule has 1 saturated carbocycles. The summed E-state index contributed by atoms with van der Waals surface area (Å²) in [7, 11) is 0. The molecule has 4 heterocycles. The van der Waals surface area contributed by atoms with E-state index in [0.29, 0.717) is 50.3 Å². The van der Waals surface area contributed by atoms with Gasteiger partial charge in [-0.05, 0) is 42.7 Å². The maximum absolute atomic E-state index is 13.6. The van der Waals surface area contributed by atoms with Gasteiger partial charge in [-0.2, -0.15) is 14.0 Å². The van der Waals surface area contributed by atoms with Crippen LogP contribution in [-0.4, -0.2) is 29.9 Å². The van der Waals surface area contributed by atoms with Gasteiger partial charge in [-0.15, -0.1) is 5.10 Å². The standard InChI is InChI=1S/C26H17Cl2F2N9/c27-19-6-15(35-24(13-1-4-22(29)32-9-13)21-12-39(38-37-21)17-2-3-17)5-18-23(14(8-31)10-33-25(18)19)36-16-7-20(28)26(30)34-11-16/h1,4-7,9-12,17,24,35H,2-3H2,(H,33,36)/t24-/m0/s1. The molecule has 0 saturated heterocycles. The second kappa shape index (κ2) is 10.1. The van der Waals surface area contributed by atoms with Crippen molar-refractivity contribution in [3.05, 3.63) is 93.9 Å². The SMILES string of the molecule is N#Cc1cnc2c(Cl)cc(N[C@@H](c3ccc(F)nc3)c3cn(C4CC4)nn3)cc2c1Nc1cnc(F)c(Cl)c1. The number of benzene rings is 1. The third-order valence-electron chi connectivity index (χ3n) is 6.25. The minimum Gasteiger partial charge on any atom is -0.373 e. The van der Waals surface area contributed by atoms with Crippen LogP contribution in [0.2, 0.25) is 10.0 Å². The van der Waals surface area contributed by atoms with Crippen LogP contribution < -0.4 is 10.6 Å². The summed E-state index contributed by atoms with van der Waals surface area (Å²) in [5.74, 6) is -1.41. The first kappa shape index (κ1) is 24.9. The zero-order valence-electron chi connectivity index (χ0n) is 19.9. The zero-order valence-corrected chi connectivity index (χ0v) is 21.4. The first-order valence-corrected chi connectivity index (χ1v) is 12.6. The number of nitrogens with one attached hydrogen (secondary N) is 2. The highest BCUT2D eigenvalue weighted by molar-refractivity contribution is 6.36. The van der Waals surface area contributed by atoms with Gasteiger partial charge >= 0.3 is 0 Å². The molecule has 1 fully saturated rings. The second-order valence-electron chi connectivity index (χ2n) is 8.98. The molecule has 2 N–H and O–H groups in total. The van der Waals surface area contributed by atoms with E-state index in [-0.39, 0.29) is 10.6 Å². The number of nitrogens with zero attached hydrogens (tertiary/aromatic N) is 7. The summed E-state index contributed by atoms with van der Waals surface area (Å²) in [6.07, 6.45) is 8.02. The Morgan fingerprint density at radius 3 is 2.54 bits per heavy atom. The van der Waals surface area contributed by atoms with Crippen molar-refractivity contribution in [3.63, 3.8) is 0 Å². The molecule has 0 radical (unpaired) electrons. The van der Waals surface area contributed by atoms with E-state index >= 15 is 0 Å². The maximum Gasteiger partial charge on any atom is 0.231 e. The average Bonchev–Trinajstić information content (AvgIpc) is 3.67. The summed E-state index contributed by atoms with van der Waals surface area (Å²) in [5, 5.41) is 25.5. The van der Waals surface area contributed by atoms with Crippen LogP contribution >= 0.6 is 23.2 Å². The van der Waals surface area contributed by atoms with Crippen LogP contribution in [0.1, 0.15) is 41.7 Å². The minimum atomic E-state index is -0.809. The third-order valence-corrected chi connectivity index (χ3v) is 6.80. The number of pyridine rings is 3. The number of nitriles is 1. The molecule has 4 aromatic heterocycles. The van der Waals surface area contributed by atoms with E-state index in [1.165, 1.54) is 30.7 Å². The van der Waals surface area contributed by atoms with Crippen LogP contribution in [0.25, 0.3) is 10.9 Å². The molecule has 0 unspecified atom stereocenters. The fraction of sp³-hybridized carbons (Fsp3) is 0.154. The molecule has 0 bridgehead atoms. The highest BCUT2D eigenvalue weighted by Crippen LogP contribution is 2.38. The molecule has 9 nitrogen and oxygen atoms in total. The Balaban J connectivity index is 1.44. The van der Waals surface area contributed by atoms with Crippen LogP contribution in [0, 0.1) is 23.2 Å². The largest absolute Gasteiger partial charge is 0.373 e. The Kier molecular flexibility index (Phi) is 6.42. The lowest BCUT2D eigenvalue weighted by Crippen LogP contribution is -2.14. The fourth-order valence-electron chi connectivity index (χ4n) is 4.19. The summed E-state index contributed by atoms with van der Waals surface area (Å²) >= 11 is 12.5. The zero-order chi connectivity index (χ0) is 27.1. The molecule has 5 aromatic rings. The number of aromatic nitrogens is 6. The average molecular weight is 564 g/mol. The van der Waals surface area contributed by atoms with Crippen molar-refractivity contribution in [1.29, 1.82) is 5.26 Å². The lowest BCUT2D eigenvalue weighted by Gasteiger charge is -2.20. The molecule has 0 spiro atoms. The van der Waals surface area contributed by atoms with Crippen molar-refractivity contribution in [2.45, 2.75) is 24.9 Å². The monoisotopic (exact) mass is 563 g/mol. The highest BCUT2D eigenvalue weighted by Gasteiger charge is 2.27. The predicted octanol–water partition coefficient (Wildman–Crippen LogP) is 6.35. The first-order chi connectivity index (χ1) is 18.9.